The average Bonchev–Trinajstić information content (AvgIpc) is 2.94. The molecule has 1 atom stereocenters. The Hall–Kier alpha value is -1.24. The van der Waals surface area contributed by atoms with Crippen LogP contribution in [0.15, 0.2) is 6.33 Å². The fourth-order valence-electron chi connectivity index (χ4n) is 2.07. The summed E-state index contributed by atoms with van der Waals surface area (Å²) in [6.45, 7) is 3.17. The second kappa shape index (κ2) is 7.55. The van der Waals surface area contributed by atoms with Crippen LogP contribution in [0.1, 0.15) is 13.8 Å². The Morgan fingerprint density at radius 3 is 2.74 bits per heavy atom. The van der Waals surface area contributed by atoms with Gasteiger partial charge >= 0.3 is 0 Å². The van der Waals surface area contributed by atoms with E-state index in [1.807, 2.05) is 13.8 Å². The standard InChI is InChI=1S/C13H20ClFN5O2P/c1-3-23(21,4-2)8-22-9(5-15)6-20-7-17-10-11(14)18-13(16)19-12(10)20/h7,9H,3-6,8H2,1-2H3,(H2,16,18,19)/t9-/m0/s1. The molecule has 128 valence electrons. The number of nitrogens with two attached hydrogens (primary N) is 1. The largest absolute Gasteiger partial charge is 0.368 e. The molecule has 2 rings (SSSR count). The lowest BCUT2D eigenvalue weighted by Gasteiger charge is -2.20. The number of nitrogens with zero attached hydrogens (tertiary/aromatic N) is 4. The number of rotatable bonds is 8. The van der Waals surface area contributed by atoms with E-state index in [4.69, 9.17) is 22.1 Å². The van der Waals surface area contributed by atoms with Gasteiger partial charge in [-0.2, -0.15) is 9.97 Å². The predicted octanol–water partition coefficient (Wildman–Crippen LogP) is 2.78. The summed E-state index contributed by atoms with van der Waals surface area (Å²) in [5, 5.41) is 0.144. The van der Waals surface area contributed by atoms with Gasteiger partial charge in [0.2, 0.25) is 5.95 Å². The quantitative estimate of drug-likeness (QED) is 0.572. The second-order valence-corrected chi connectivity index (χ2v) is 9.20. The molecule has 2 heterocycles. The molecule has 23 heavy (non-hydrogen) atoms. The number of anilines is 1. The van der Waals surface area contributed by atoms with Gasteiger partial charge in [0.15, 0.2) is 10.8 Å². The van der Waals surface area contributed by atoms with E-state index in [1.165, 1.54) is 6.33 Å². The van der Waals surface area contributed by atoms with E-state index in [1.54, 1.807) is 4.57 Å². The minimum Gasteiger partial charge on any atom is -0.368 e. The lowest BCUT2D eigenvalue weighted by molar-refractivity contribution is 0.0521. The number of hydrogen-bond acceptors (Lipinski definition) is 6. The molecule has 0 fully saturated rings. The summed E-state index contributed by atoms with van der Waals surface area (Å²) in [7, 11) is -2.38. The van der Waals surface area contributed by atoms with Crippen LogP contribution in [0.5, 0.6) is 0 Å². The van der Waals surface area contributed by atoms with E-state index in [2.05, 4.69) is 15.0 Å². The monoisotopic (exact) mass is 363 g/mol. The lowest BCUT2D eigenvalue weighted by Crippen LogP contribution is -2.23. The van der Waals surface area contributed by atoms with Crippen LogP contribution in [-0.4, -0.2) is 51.0 Å². The highest BCUT2D eigenvalue weighted by Crippen LogP contribution is 2.44. The van der Waals surface area contributed by atoms with Gasteiger partial charge in [-0.3, -0.25) is 0 Å². The van der Waals surface area contributed by atoms with Crippen LogP contribution in [0.25, 0.3) is 11.2 Å². The first-order valence-corrected chi connectivity index (χ1v) is 9.95. The second-order valence-electron chi connectivity index (χ2n) is 5.20. The third-order valence-corrected chi connectivity index (χ3v) is 6.90. The van der Waals surface area contributed by atoms with Crippen molar-refractivity contribution in [3.05, 3.63) is 11.5 Å². The highest BCUT2D eigenvalue weighted by atomic mass is 35.5. The summed E-state index contributed by atoms with van der Waals surface area (Å²) in [6, 6.07) is 0. The molecule has 0 aliphatic carbocycles. The van der Waals surface area contributed by atoms with Crippen molar-refractivity contribution in [2.75, 3.05) is 31.1 Å². The SMILES string of the molecule is CCP(=O)(CC)CO[C@@H](CF)Cn1cnc2c(Cl)nc(N)nc21. The normalized spacial score (nSPS) is 13.6. The Kier molecular flexibility index (Phi) is 5.95. The smallest absolute Gasteiger partial charge is 0.223 e. The number of aromatic nitrogens is 4. The molecule has 0 spiro atoms. The van der Waals surface area contributed by atoms with Crippen molar-refractivity contribution in [2.45, 2.75) is 26.5 Å². The maximum absolute atomic E-state index is 13.3. The van der Waals surface area contributed by atoms with Crippen LogP contribution in [0.2, 0.25) is 5.15 Å². The van der Waals surface area contributed by atoms with E-state index in [-0.39, 0.29) is 24.0 Å². The lowest BCUT2D eigenvalue weighted by atomic mass is 10.4. The van der Waals surface area contributed by atoms with Crippen LogP contribution < -0.4 is 5.73 Å². The average molecular weight is 364 g/mol. The minimum absolute atomic E-state index is 0.0171. The molecule has 0 aliphatic heterocycles. The fraction of sp³-hybridized carbons (Fsp3) is 0.615. The molecule has 0 saturated heterocycles. The Labute approximate surface area is 138 Å². The van der Waals surface area contributed by atoms with Crippen molar-refractivity contribution in [3.8, 4) is 0 Å². The maximum atomic E-state index is 13.3. The van der Waals surface area contributed by atoms with E-state index in [0.717, 1.165) is 0 Å². The van der Waals surface area contributed by atoms with Gasteiger partial charge in [-0.25, -0.2) is 9.37 Å². The van der Waals surface area contributed by atoms with Crippen molar-refractivity contribution in [1.82, 2.24) is 19.5 Å². The number of fused-ring (bicyclic) bond motifs is 1. The van der Waals surface area contributed by atoms with E-state index in [9.17, 15) is 8.96 Å². The highest BCUT2D eigenvalue weighted by molar-refractivity contribution is 7.63. The molecular weight excluding hydrogens is 344 g/mol. The van der Waals surface area contributed by atoms with E-state index >= 15 is 0 Å². The van der Waals surface area contributed by atoms with Crippen molar-refractivity contribution in [1.29, 1.82) is 0 Å². The van der Waals surface area contributed by atoms with Crippen LogP contribution >= 0.6 is 18.7 Å². The van der Waals surface area contributed by atoms with Crippen LogP contribution in [0, 0.1) is 0 Å². The number of nitrogen functional groups attached to an aromatic ring is 1. The zero-order chi connectivity index (χ0) is 17.0. The Morgan fingerprint density at radius 1 is 1.43 bits per heavy atom. The van der Waals surface area contributed by atoms with Gasteiger partial charge in [-0.15, -0.1) is 0 Å². The van der Waals surface area contributed by atoms with Gasteiger partial charge in [0.1, 0.15) is 31.8 Å². The molecule has 0 unspecified atom stereocenters. The molecule has 0 amide bonds. The first kappa shape index (κ1) is 18.1. The highest BCUT2D eigenvalue weighted by Gasteiger charge is 2.21. The van der Waals surface area contributed by atoms with Crippen molar-refractivity contribution in [3.63, 3.8) is 0 Å². The summed E-state index contributed by atoms with van der Waals surface area (Å²) in [4.78, 5) is 12.0. The molecule has 0 bridgehead atoms. The molecule has 2 aromatic heterocycles. The Morgan fingerprint density at radius 2 is 2.13 bits per heavy atom. The molecule has 0 aromatic carbocycles. The topological polar surface area (TPSA) is 95.9 Å². The first-order chi connectivity index (χ1) is 10.9. The van der Waals surface area contributed by atoms with Crippen LogP contribution in [0.4, 0.5) is 10.3 Å². The van der Waals surface area contributed by atoms with Gasteiger partial charge in [-0.05, 0) is 0 Å². The number of ether oxygens (including phenoxy) is 1. The number of hydrogen-bond donors (Lipinski definition) is 1. The third-order valence-electron chi connectivity index (χ3n) is 3.71. The van der Waals surface area contributed by atoms with Gasteiger partial charge in [0.05, 0.1) is 12.9 Å². The summed E-state index contributed by atoms with van der Waals surface area (Å²) >= 11 is 5.96. The van der Waals surface area contributed by atoms with Gasteiger partial charge in [0, 0.05) is 12.3 Å². The number of halogens is 2. The van der Waals surface area contributed by atoms with Crippen molar-refractivity contribution in [2.24, 2.45) is 0 Å². The Bertz CT molecular complexity index is 718. The molecule has 0 radical (unpaired) electrons. The van der Waals surface area contributed by atoms with Gasteiger partial charge in [0.25, 0.3) is 0 Å². The molecule has 0 saturated carbocycles. The molecule has 2 aromatic rings. The zero-order valence-electron chi connectivity index (χ0n) is 13.1. The summed E-state index contributed by atoms with van der Waals surface area (Å²) in [6.07, 6.45) is 1.88. The maximum Gasteiger partial charge on any atom is 0.223 e. The van der Waals surface area contributed by atoms with Crippen LogP contribution in [-0.2, 0) is 15.8 Å². The van der Waals surface area contributed by atoms with Crippen LogP contribution in [0.3, 0.4) is 0 Å². The Balaban J connectivity index is 2.15. The molecule has 10 heteroatoms. The van der Waals surface area contributed by atoms with Crippen molar-refractivity contribution < 1.29 is 13.7 Å². The predicted molar refractivity (Wildman–Crippen MR) is 89.1 cm³/mol. The molecule has 7 nitrogen and oxygen atoms in total. The van der Waals surface area contributed by atoms with E-state index in [0.29, 0.717) is 23.5 Å². The third kappa shape index (κ3) is 4.19. The zero-order valence-corrected chi connectivity index (χ0v) is 14.7. The summed E-state index contributed by atoms with van der Waals surface area (Å²) in [5.74, 6) is 0.0171. The van der Waals surface area contributed by atoms with Gasteiger partial charge < -0.3 is 19.6 Å². The van der Waals surface area contributed by atoms with Crippen molar-refractivity contribution >= 4 is 35.9 Å². The number of alkyl halides is 1. The summed E-state index contributed by atoms with van der Waals surface area (Å²) in [5.41, 5.74) is 6.39. The van der Waals surface area contributed by atoms with Gasteiger partial charge in [-0.1, -0.05) is 25.4 Å². The minimum atomic E-state index is -2.38. The molecule has 0 aliphatic rings. The van der Waals surface area contributed by atoms with E-state index < -0.39 is 19.9 Å². The summed E-state index contributed by atoms with van der Waals surface area (Å²) < 4.78 is 32.7. The number of imidazole rings is 1. The first-order valence-electron chi connectivity index (χ1n) is 7.31. The fourth-order valence-corrected chi connectivity index (χ4v) is 3.59. The molecule has 2 N–H and O–H groups in total. The molecular formula is C13H20ClFN5O2P.